The summed E-state index contributed by atoms with van der Waals surface area (Å²) >= 11 is 5.79. The highest BCUT2D eigenvalue weighted by Gasteiger charge is 2.02. The van der Waals surface area contributed by atoms with E-state index in [2.05, 4.69) is 12.2 Å². The van der Waals surface area contributed by atoms with Gasteiger partial charge in [0.2, 0.25) is 5.91 Å². The van der Waals surface area contributed by atoms with Gasteiger partial charge < -0.3 is 10.1 Å². The van der Waals surface area contributed by atoms with Gasteiger partial charge in [0.15, 0.2) is 0 Å². The molecule has 0 unspecified atom stereocenters. The van der Waals surface area contributed by atoms with E-state index in [4.69, 9.17) is 16.3 Å². The molecule has 0 aliphatic rings. The van der Waals surface area contributed by atoms with Crippen molar-refractivity contribution < 1.29 is 9.53 Å². The van der Waals surface area contributed by atoms with Crippen LogP contribution in [0.2, 0.25) is 5.02 Å². The van der Waals surface area contributed by atoms with Crippen molar-refractivity contribution >= 4 is 17.5 Å². The SMILES string of the molecule is CCCCOCCCNC(=O)Cc1ccc(Cl)cc1. The van der Waals surface area contributed by atoms with Crippen LogP contribution < -0.4 is 5.32 Å². The number of hydrogen-bond donors (Lipinski definition) is 1. The summed E-state index contributed by atoms with van der Waals surface area (Å²) in [4.78, 5) is 11.6. The van der Waals surface area contributed by atoms with Crippen LogP contribution in [0.15, 0.2) is 24.3 Å². The minimum absolute atomic E-state index is 0.0379. The molecule has 0 fully saturated rings. The lowest BCUT2D eigenvalue weighted by molar-refractivity contribution is -0.120. The van der Waals surface area contributed by atoms with Gasteiger partial charge in [-0.05, 0) is 30.5 Å². The molecule has 0 bridgehead atoms. The monoisotopic (exact) mass is 283 g/mol. The summed E-state index contributed by atoms with van der Waals surface area (Å²) in [7, 11) is 0. The Morgan fingerprint density at radius 3 is 2.58 bits per heavy atom. The first kappa shape index (κ1) is 16.0. The van der Waals surface area contributed by atoms with Crippen LogP contribution in [0.1, 0.15) is 31.7 Å². The van der Waals surface area contributed by atoms with Crippen molar-refractivity contribution in [1.29, 1.82) is 0 Å². The zero-order valence-corrected chi connectivity index (χ0v) is 12.2. The van der Waals surface area contributed by atoms with Crippen molar-refractivity contribution in [3.8, 4) is 0 Å². The highest BCUT2D eigenvalue weighted by Crippen LogP contribution is 2.09. The Hall–Kier alpha value is -1.06. The molecule has 0 atom stereocenters. The molecule has 0 saturated carbocycles. The average Bonchev–Trinajstić information content (AvgIpc) is 2.40. The van der Waals surface area contributed by atoms with Gasteiger partial charge in [-0.2, -0.15) is 0 Å². The molecule has 1 aromatic carbocycles. The smallest absolute Gasteiger partial charge is 0.224 e. The topological polar surface area (TPSA) is 38.3 Å². The van der Waals surface area contributed by atoms with Crippen molar-refractivity contribution in [2.45, 2.75) is 32.6 Å². The highest BCUT2D eigenvalue weighted by atomic mass is 35.5. The third-order valence-electron chi connectivity index (χ3n) is 2.71. The van der Waals surface area contributed by atoms with Crippen molar-refractivity contribution in [1.82, 2.24) is 5.32 Å². The summed E-state index contributed by atoms with van der Waals surface area (Å²) in [6.07, 6.45) is 3.50. The van der Waals surface area contributed by atoms with Gasteiger partial charge in [-0.25, -0.2) is 0 Å². The van der Waals surface area contributed by atoms with E-state index in [-0.39, 0.29) is 5.91 Å². The zero-order valence-electron chi connectivity index (χ0n) is 11.5. The minimum atomic E-state index is 0.0379. The molecular formula is C15H22ClNO2. The molecule has 0 saturated heterocycles. The van der Waals surface area contributed by atoms with Crippen LogP contribution in [0.3, 0.4) is 0 Å². The van der Waals surface area contributed by atoms with Gasteiger partial charge >= 0.3 is 0 Å². The molecule has 19 heavy (non-hydrogen) atoms. The lowest BCUT2D eigenvalue weighted by Gasteiger charge is -2.06. The van der Waals surface area contributed by atoms with Gasteiger partial charge in [0, 0.05) is 24.8 Å². The highest BCUT2D eigenvalue weighted by molar-refractivity contribution is 6.30. The Morgan fingerprint density at radius 2 is 1.89 bits per heavy atom. The number of amides is 1. The Balaban J connectivity index is 2.06. The van der Waals surface area contributed by atoms with Crippen molar-refractivity contribution in [2.24, 2.45) is 0 Å². The van der Waals surface area contributed by atoms with E-state index in [1.807, 2.05) is 12.1 Å². The third-order valence-corrected chi connectivity index (χ3v) is 2.96. The van der Waals surface area contributed by atoms with E-state index < -0.39 is 0 Å². The number of hydrogen-bond acceptors (Lipinski definition) is 2. The number of rotatable bonds is 9. The largest absolute Gasteiger partial charge is 0.381 e. The van der Waals surface area contributed by atoms with Crippen LogP contribution in [0, 0.1) is 0 Å². The second-order valence-corrected chi connectivity index (χ2v) is 4.91. The number of benzene rings is 1. The van der Waals surface area contributed by atoms with Crippen molar-refractivity contribution in [2.75, 3.05) is 19.8 Å². The molecule has 1 amide bonds. The second-order valence-electron chi connectivity index (χ2n) is 4.47. The lowest BCUT2D eigenvalue weighted by Crippen LogP contribution is -2.26. The molecular weight excluding hydrogens is 262 g/mol. The van der Waals surface area contributed by atoms with Crippen molar-refractivity contribution in [3.05, 3.63) is 34.9 Å². The van der Waals surface area contributed by atoms with E-state index in [9.17, 15) is 4.79 Å². The van der Waals surface area contributed by atoms with Crippen LogP contribution in [-0.4, -0.2) is 25.7 Å². The van der Waals surface area contributed by atoms with E-state index >= 15 is 0 Å². The van der Waals surface area contributed by atoms with Gasteiger partial charge in [0.05, 0.1) is 6.42 Å². The molecule has 0 spiro atoms. The molecule has 0 aliphatic heterocycles. The standard InChI is InChI=1S/C15H22ClNO2/c1-2-3-10-19-11-4-9-17-15(18)12-13-5-7-14(16)8-6-13/h5-8H,2-4,9-12H2,1H3,(H,17,18). The number of unbranched alkanes of at least 4 members (excludes halogenated alkanes) is 1. The maximum absolute atomic E-state index is 11.6. The first-order valence-electron chi connectivity index (χ1n) is 6.81. The van der Waals surface area contributed by atoms with Crippen LogP contribution in [0.4, 0.5) is 0 Å². The molecule has 1 aromatic rings. The molecule has 0 aromatic heterocycles. The van der Waals surface area contributed by atoms with Crippen LogP contribution in [-0.2, 0) is 16.0 Å². The van der Waals surface area contributed by atoms with Crippen LogP contribution in [0.5, 0.6) is 0 Å². The first-order valence-corrected chi connectivity index (χ1v) is 7.19. The maximum Gasteiger partial charge on any atom is 0.224 e. The Bertz CT molecular complexity index is 365. The molecule has 0 aliphatic carbocycles. The minimum Gasteiger partial charge on any atom is -0.381 e. The summed E-state index contributed by atoms with van der Waals surface area (Å²) in [5, 5.41) is 3.57. The van der Waals surface area contributed by atoms with E-state index in [1.54, 1.807) is 12.1 Å². The normalized spacial score (nSPS) is 10.4. The molecule has 0 heterocycles. The summed E-state index contributed by atoms with van der Waals surface area (Å²) in [6, 6.07) is 7.34. The number of nitrogens with one attached hydrogen (secondary N) is 1. The fourth-order valence-electron chi connectivity index (χ4n) is 1.60. The number of ether oxygens (including phenoxy) is 1. The lowest BCUT2D eigenvalue weighted by atomic mass is 10.1. The number of halogens is 1. The Morgan fingerprint density at radius 1 is 1.21 bits per heavy atom. The fourth-order valence-corrected chi connectivity index (χ4v) is 1.73. The molecule has 0 radical (unpaired) electrons. The molecule has 1 rings (SSSR count). The average molecular weight is 284 g/mol. The predicted octanol–water partition coefficient (Wildman–Crippen LogP) is 3.21. The maximum atomic E-state index is 11.6. The summed E-state index contributed by atoms with van der Waals surface area (Å²) in [5.41, 5.74) is 0.973. The van der Waals surface area contributed by atoms with E-state index in [1.165, 1.54) is 0 Å². The van der Waals surface area contributed by atoms with Crippen LogP contribution >= 0.6 is 11.6 Å². The second kappa shape index (κ2) is 9.82. The molecule has 4 heteroatoms. The van der Waals surface area contributed by atoms with Gasteiger partial charge in [-0.15, -0.1) is 0 Å². The van der Waals surface area contributed by atoms with Gasteiger partial charge in [-0.1, -0.05) is 37.1 Å². The Labute approximate surface area is 120 Å². The summed E-state index contributed by atoms with van der Waals surface area (Å²) < 4.78 is 5.42. The molecule has 1 N–H and O–H groups in total. The summed E-state index contributed by atoms with van der Waals surface area (Å²) in [6.45, 7) is 4.33. The third kappa shape index (κ3) is 7.85. The van der Waals surface area contributed by atoms with E-state index in [0.717, 1.165) is 31.4 Å². The van der Waals surface area contributed by atoms with Gasteiger partial charge in [0.25, 0.3) is 0 Å². The molecule has 106 valence electrons. The van der Waals surface area contributed by atoms with Crippen molar-refractivity contribution in [3.63, 3.8) is 0 Å². The molecule has 3 nitrogen and oxygen atoms in total. The van der Waals surface area contributed by atoms with Crippen LogP contribution in [0.25, 0.3) is 0 Å². The fraction of sp³-hybridized carbons (Fsp3) is 0.533. The van der Waals surface area contributed by atoms with E-state index in [0.29, 0.717) is 24.6 Å². The number of carbonyl (C=O) groups excluding carboxylic acids is 1. The Kier molecular flexibility index (Phi) is 8.26. The quantitative estimate of drug-likeness (QED) is 0.707. The number of carbonyl (C=O) groups is 1. The predicted molar refractivity (Wildman–Crippen MR) is 78.5 cm³/mol. The van der Waals surface area contributed by atoms with Gasteiger partial charge in [-0.3, -0.25) is 4.79 Å². The summed E-state index contributed by atoms with van der Waals surface area (Å²) in [5.74, 6) is 0.0379. The zero-order chi connectivity index (χ0) is 13.9. The first-order chi connectivity index (χ1) is 9.22. The van der Waals surface area contributed by atoms with Gasteiger partial charge in [0.1, 0.15) is 0 Å².